The molecule has 1 rings (SSSR count). The maximum atomic E-state index is 4.48. The Morgan fingerprint density at radius 2 is 1.75 bits per heavy atom. The molecule has 0 aliphatic carbocycles. The van der Waals surface area contributed by atoms with Crippen LogP contribution in [0.15, 0.2) is 29.3 Å². The Labute approximate surface area is 125 Å². The number of nitrogens with zero attached hydrogens (tertiary/aromatic N) is 1. The summed E-state index contributed by atoms with van der Waals surface area (Å²) in [6.07, 6.45) is 7.11. The predicted octanol–water partition coefficient (Wildman–Crippen LogP) is 5.64. The van der Waals surface area contributed by atoms with E-state index in [0.29, 0.717) is 12.0 Å². The molecule has 3 unspecified atom stereocenters. The summed E-state index contributed by atoms with van der Waals surface area (Å²) in [5.41, 5.74) is 2.87. The van der Waals surface area contributed by atoms with E-state index in [-0.39, 0.29) is 0 Å². The van der Waals surface area contributed by atoms with Crippen LogP contribution < -0.4 is 0 Å². The molecule has 0 bridgehead atoms. The zero-order chi connectivity index (χ0) is 15.0. The van der Waals surface area contributed by atoms with Crippen LogP contribution in [0, 0.1) is 5.92 Å². The highest BCUT2D eigenvalue weighted by Crippen LogP contribution is 2.23. The summed E-state index contributed by atoms with van der Waals surface area (Å²) in [7, 11) is 0. The Morgan fingerprint density at radius 3 is 2.30 bits per heavy atom. The Kier molecular flexibility index (Phi) is 7.58. The average Bonchev–Trinajstić information content (AvgIpc) is 2.45. The van der Waals surface area contributed by atoms with Gasteiger partial charge in [-0.25, -0.2) is 0 Å². The topological polar surface area (TPSA) is 12.4 Å². The zero-order valence-corrected chi connectivity index (χ0v) is 13.9. The molecule has 0 spiro atoms. The van der Waals surface area contributed by atoms with Crippen molar-refractivity contribution in [2.24, 2.45) is 10.9 Å². The van der Waals surface area contributed by atoms with Crippen LogP contribution >= 0.6 is 0 Å². The monoisotopic (exact) mass is 273 g/mol. The molecular weight excluding hydrogens is 242 g/mol. The van der Waals surface area contributed by atoms with Crippen molar-refractivity contribution in [2.75, 3.05) is 0 Å². The Bertz CT molecular complexity index is 391. The second kappa shape index (κ2) is 8.94. The summed E-state index contributed by atoms with van der Waals surface area (Å²) in [6, 6.07) is 9.53. The molecular formula is C19H31N. The second-order valence-corrected chi connectivity index (χ2v) is 6.13. The lowest BCUT2D eigenvalue weighted by atomic mass is 9.91. The first kappa shape index (κ1) is 16.9. The van der Waals surface area contributed by atoms with Gasteiger partial charge >= 0.3 is 0 Å². The van der Waals surface area contributed by atoms with Crippen molar-refractivity contribution in [2.45, 2.75) is 72.3 Å². The number of hydrogen-bond donors (Lipinski definition) is 0. The molecule has 1 heteroatoms. The van der Waals surface area contributed by atoms with Crippen molar-refractivity contribution in [3.63, 3.8) is 0 Å². The van der Waals surface area contributed by atoms with Gasteiger partial charge in [0.05, 0.1) is 6.04 Å². The van der Waals surface area contributed by atoms with Crippen molar-refractivity contribution >= 4 is 6.21 Å². The van der Waals surface area contributed by atoms with Gasteiger partial charge in [-0.15, -0.1) is 0 Å². The largest absolute Gasteiger partial charge is 0.294 e. The zero-order valence-electron chi connectivity index (χ0n) is 13.9. The highest BCUT2D eigenvalue weighted by atomic mass is 14.8. The van der Waals surface area contributed by atoms with E-state index in [1.54, 1.807) is 0 Å². The lowest BCUT2D eigenvalue weighted by Gasteiger charge is -2.17. The Balaban J connectivity index is 2.59. The molecule has 0 N–H and O–H groups in total. The van der Waals surface area contributed by atoms with Gasteiger partial charge in [0.25, 0.3) is 0 Å². The predicted molar refractivity (Wildman–Crippen MR) is 90.9 cm³/mol. The lowest BCUT2D eigenvalue weighted by molar-refractivity contribution is 0.503. The van der Waals surface area contributed by atoms with Crippen LogP contribution in [-0.4, -0.2) is 12.3 Å². The van der Waals surface area contributed by atoms with Crippen molar-refractivity contribution in [3.05, 3.63) is 35.4 Å². The maximum absolute atomic E-state index is 4.48. The van der Waals surface area contributed by atoms with E-state index in [1.807, 2.05) is 13.1 Å². The van der Waals surface area contributed by atoms with Crippen molar-refractivity contribution in [1.29, 1.82) is 0 Å². The van der Waals surface area contributed by atoms with Gasteiger partial charge in [-0.3, -0.25) is 4.99 Å². The summed E-state index contributed by atoms with van der Waals surface area (Å²) in [5, 5.41) is 0. The summed E-state index contributed by atoms with van der Waals surface area (Å²) >= 11 is 0. The minimum atomic E-state index is 0.356. The third-order valence-electron chi connectivity index (χ3n) is 4.25. The molecule has 0 aromatic heterocycles. The number of hydrogen-bond acceptors (Lipinski definition) is 1. The van der Waals surface area contributed by atoms with Crippen LogP contribution in [0.4, 0.5) is 0 Å². The molecule has 0 radical (unpaired) electrons. The fraction of sp³-hybridized carbons (Fsp3) is 0.632. The fourth-order valence-corrected chi connectivity index (χ4v) is 2.66. The lowest BCUT2D eigenvalue weighted by Crippen LogP contribution is -2.10. The minimum Gasteiger partial charge on any atom is -0.294 e. The van der Waals surface area contributed by atoms with E-state index >= 15 is 0 Å². The van der Waals surface area contributed by atoms with Crippen molar-refractivity contribution in [1.82, 2.24) is 0 Å². The maximum Gasteiger partial charge on any atom is 0.0533 e. The molecule has 0 aliphatic rings. The molecule has 0 fully saturated rings. The van der Waals surface area contributed by atoms with Gasteiger partial charge in [-0.05, 0) is 43.5 Å². The van der Waals surface area contributed by atoms with Crippen LogP contribution in [0.2, 0.25) is 0 Å². The molecule has 0 heterocycles. The van der Waals surface area contributed by atoms with Crippen molar-refractivity contribution in [3.8, 4) is 0 Å². The third kappa shape index (κ3) is 5.48. The van der Waals surface area contributed by atoms with Crippen molar-refractivity contribution < 1.29 is 0 Å². The average molecular weight is 273 g/mol. The third-order valence-corrected chi connectivity index (χ3v) is 4.25. The highest BCUT2D eigenvalue weighted by molar-refractivity contribution is 5.53. The van der Waals surface area contributed by atoms with E-state index in [0.717, 1.165) is 5.92 Å². The molecule has 0 aliphatic heterocycles. The Morgan fingerprint density at radius 1 is 1.10 bits per heavy atom. The molecule has 1 aromatic rings. The van der Waals surface area contributed by atoms with Gasteiger partial charge in [-0.2, -0.15) is 0 Å². The van der Waals surface area contributed by atoms with Crippen LogP contribution in [0.25, 0.3) is 0 Å². The van der Waals surface area contributed by atoms with Gasteiger partial charge in [0.1, 0.15) is 0 Å². The number of unbranched alkanes of at least 4 members (excludes halogenated alkanes) is 1. The van der Waals surface area contributed by atoms with E-state index in [2.05, 4.69) is 57.0 Å². The van der Waals surface area contributed by atoms with Gasteiger partial charge in [0.2, 0.25) is 0 Å². The van der Waals surface area contributed by atoms with Crippen LogP contribution in [0.3, 0.4) is 0 Å². The minimum absolute atomic E-state index is 0.356. The summed E-state index contributed by atoms with van der Waals surface area (Å²) < 4.78 is 0. The van der Waals surface area contributed by atoms with Crippen LogP contribution in [0.5, 0.6) is 0 Å². The first-order valence-corrected chi connectivity index (χ1v) is 8.15. The van der Waals surface area contributed by atoms with Gasteiger partial charge in [0.15, 0.2) is 0 Å². The number of aliphatic imine (C=N–C) groups is 1. The molecule has 0 saturated heterocycles. The van der Waals surface area contributed by atoms with Gasteiger partial charge < -0.3 is 0 Å². The molecule has 1 aromatic carbocycles. The quantitative estimate of drug-likeness (QED) is 0.544. The van der Waals surface area contributed by atoms with Crippen LogP contribution in [0.1, 0.15) is 70.9 Å². The van der Waals surface area contributed by atoms with E-state index < -0.39 is 0 Å². The number of benzene rings is 1. The standard InChI is InChI=1S/C19H31N/c1-6-8-9-15(3)14-18-10-12-19(13-11-18)16(4)17(5)20-7-2/h7,10-13,15-17H,6,8-9,14H2,1-5H3. The van der Waals surface area contributed by atoms with Gasteiger partial charge in [0, 0.05) is 5.92 Å². The Hall–Kier alpha value is -1.11. The summed E-state index contributed by atoms with van der Waals surface area (Å²) in [4.78, 5) is 4.48. The SMILES string of the molecule is CC=NC(C)C(C)c1ccc(CC(C)CCCC)cc1. The first-order valence-electron chi connectivity index (χ1n) is 8.15. The summed E-state index contributed by atoms with van der Waals surface area (Å²) in [6.45, 7) is 11.1. The van der Waals surface area contributed by atoms with E-state index in [4.69, 9.17) is 0 Å². The molecule has 20 heavy (non-hydrogen) atoms. The second-order valence-electron chi connectivity index (χ2n) is 6.13. The van der Waals surface area contributed by atoms with E-state index in [1.165, 1.54) is 36.8 Å². The molecule has 0 amide bonds. The number of rotatable bonds is 8. The molecule has 0 saturated carbocycles. The summed E-state index contributed by atoms with van der Waals surface area (Å²) in [5.74, 6) is 1.28. The molecule has 1 nitrogen and oxygen atoms in total. The van der Waals surface area contributed by atoms with Crippen LogP contribution in [-0.2, 0) is 6.42 Å². The molecule has 3 atom stereocenters. The first-order chi connectivity index (χ1) is 9.58. The fourth-order valence-electron chi connectivity index (χ4n) is 2.66. The smallest absolute Gasteiger partial charge is 0.0533 e. The van der Waals surface area contributed by atoms with Gasteiger partial charge in [-0.1, -0.05) is 64.3 Å². The highest BCUT2D eigenvalue weighted by Gasteiger charge is 2.12. The van der Waals surface area contributed by atoms with E-state index in [9.17, 15) is 0 Å². The normalized spacial score (nSPS) is 16.2. The molecule has 112 valence electrons.